The molecule has 1 heterocycles. The van der Waals surface area contributed by atoms with E-state index in [1.54, 1.807) is 19.2 Å². The summed E-state index contributed by atoms with van der Waals surface area (Å²) in [4.78, 5) is 0. The third kappa shape index (κ3) is 1.31. The maximum absolute atomic E-state index is 1.81. The van der Waals surface area contributed by atoms with Crippen LogP contribution >= 0.6 is 8.20 Å². The first-order valence-electron chi connectivity index (χ1n) is 5.61. The summed E-state index contributed by atoms with van der Waals surface area (Å²) in [6.45, 7) is 0. The minimum absolute atomic E-state index is 1.40. The molecule has 0 saturated heterocycles. The Labute approximate surface area is 82.2 Å². The van der Waals surface area contributed by atoms with E-state index < -0.39 is 0 Å². The molecule has 0 aromatic carbocycles. The highest BCUT2D eigenvalue weighted by Crippen LogP contribution is 2.50. The number of hydrogen-bond acceptors (Lipinski definition) is 0. The first-order valence-corrected chi connectivity index (χ1v) is 6.51. The zero-order valence-electron chi connectivity index (χ0n) is 8.10. The number of fused-ring (bicyclic) bond motifs is 2. The number of allylic oxidation sites excluding steroid dienone is 2. The zero-order chi connectivity index (χ0) is 8.67. The van der Waals surface area contributed by atoms with Gasteiger partial charge in [0.2, 0.25) is 0 Å². The average molecular weight is 191 g/mol. The number of rotatable bonds is 0. The lowest BCUT2D eigenvalue weighted by Gasteiger charge is -2.21. The molecule has 2 saturated carbocycles. The van der Waals surface area contributed by atoms with Crippen molar-refractivity contribution in [3.05, 3.63) is 16.8 Å². The van der Waals surface area contributed by atoms with Crippen molar-refractivity contribution in [2.45, 2.75) is 51.4 Å². The van der Waals surface area contributed by atoms with Gasteiger partial charge in [0.1, 0.15) is 0 Å². The molecule has 13 heavy (non-hydrogen) atoms. The first-order chi connectivity index (χ1) is 6.45. The second-order valence-electron chi connectivity index (χ2n) is 4.38. The van der Waals surface area contributed by atoms with Gasteiger partial charge in [0.15, 0.2) is 0 Å². The van der Waals surface area contributed by atoms with Gasteiger partial charge < -0.3 is 0 Å². The summed E-state index contributed by atoms with van der Waals surface area (Å²) in [5.74, 6) is 0. The Balaban J connectivity index is 1.97. The van der Waals surface area contributed by atoms with E-state index in [4.69, 9.17) is 0 Å². The lowest BCUT2D eigenvalue weighted by molar-refractivity contribution is 0.650. The smallest absolute Gasteiger partial charge is 0.0508 e. The molecular weight excluding hydrogens is 175 g/mol. The van der Waals surface area contributed by atoms with E-state index in [0.717, 1.165) is 0 Å². The van der Waals surface area contributed by atoms with Crippen LogP contribution in [0.25, 0.3) is 0 Å². The summed E-state index contributed by atoms with van der Waals surface area (Å²) in [5.41, 5.74) is 5.42. The number of hydrogen-bond donors (Lipinski definition) is 0. The van der Waals surface area contributed by atoms with Gasteiger partial charge in [0.25, 0.3) is 0 Å². The summed E-state index contributed by atoms with van der Waals surface area (Å²) in [6, 6.07) is 0. The van der Waals surface area contributed by atoms with Gasteiger partial charge >= 0.3 is 0 Å². The van der Waals surface area contributed by atoms with Gasteiger partial charge in [-0.05, 0) is 55.8 Å². The molecule has 2 fully saturated rings. The van der Waals surface area contributed by atoms with E-state index in [2.05, 4.69) is 0 Å². The van der Waals surface area contributed by atoms with Crippen LogP contribution in [0.1, 0.15) is 51.4 Å². The highest BCUT2D eigenvalue weighted by atomic mass is 31.1. The normalized spacial score (nSPS) is 29.7. The Morgan fingerprint density at radius 2 is 1.38 bits per heavy atom. The fourth-order valence-corrected chi connectivity index (χ4v) is 4.47. The molecule has 0 atom stereocenters. The minimum Gasteiger partial charge on any atom is -0.0877 e. The topological polar surface area (TPSA) is 0 Å². The lowest BCUT2D eigenvalue weighted by atomic mass is 9.84. The largest absolute Gasteiger partial charge is 0.0877 e. The highest BCUT2D eigenvalue weighted by Gasteiger charge is 2.30. The molecule has 1 heteroatoms. The molecule has 3 aliphatic rings. The van der Waals surface area contributed by atoms with Gasteiger partial charge in [-0.2, -0.15) is 0 Å². The Kier molecular flexibility index (Phi) is 2.05. The van der Waals surface area contributed by atoms with Crippen molar-refractivity contribution in [3.63, 3.8) is 0 Å². The predicted molar refractivity (Wildman–Crippen MR) is 59.1 cm³/mol. The molecule has 0 nitrogen and oxygen atoms in total. The van der Waals surface area contributed by atoms with Crippen LogP contribution in [0.2, 0.25) is 0 Å². The lowest BCUT2D eigenvalue weighted by Crippen LogP contribution is -2.08. The van der Waals surface area contributed by atoms with Crippen molar-refractivity contribution >= 4 is 13.5 Å². The van der Waals surface area contributed by atoms with Crippen molar-refractivity contribution in [2.75, 3.05) is 0 Å². The van der Waals surface area contributed by atoms with Crippen LogP contribution in [0.4, 0.5) is 0 Å². The first kappa shape index (κ1) is 8.24. The van der Waals surface area contributed by atoms with E-state index in [-0.39, 0.29) is 0 Å². The molecule has 0 aromatic heterocycles. The van der Waals surface area contributed by atoms with E-state index in [9.17, 15) is 0 Å². The van der Waals surface area contributed by atoms with Crippen LogP contribution in [0.5, 0.6) is 0 Å². The zero-order valence-corrected chi connectivity index (χ0v) is 9.00. The fourth-order valence-electron chi connectivity index (χ4n) is 2.84. The average Bonchev–Trinajstić information content (AvgIpc) is 2.56. The van der Waals surface area contributed by atoms with E-state index >= 15 is 0 Å². The molecule has 1 radical (unpaired) electrons. The quantitative estimate of drug-likeness (QED) is 0.506. The van der Waals surface area contributed by atoms with Crippen molar-refractivity contribution < 1.29 is 0 Å². The third-order valence-electron chi connectivity index (χ3n) is 3.51. The van der Waals surface area contributed by atoms with Crippen molar-refractivity contribution in [3.8, 4) is 0 Å². The maximum atomic E-state index is 1.81. The van der Waals surface area contributed by atoms with Crippen molar-refractivity contribution in [1.29, 1.82) is 0 Å². The van der Waals surface area contributed by atoms with Gasteiger partial charge in [-0.15, -0.1) is 0 Å². The summed E-state index contributed by atoms with van der Waals surface area (Å²) < 4.78 is 0. The van der Waals surface area contributed by atoms with Crippen molar-refractivity contribution in [2.24, 2.45) is 0 Å². The summed E-state index contributed by atoms with van der Waals surface area (Å²) in [5, 5.41) is 1.80. The molecule has 1 aliphatic heterocycles. The molecule has 2 aliphatic carbocycles. The Bertz CT molecular complexity index is 285. The van der Waals surface area contributed by atoms with E-state index in [0.29, 0.717) is 0 Å². The maximum Gasteiger partial charge on any atom is 0.0508 e. The fraction of sp³-hybridized carbons (Fsp3) is 0.667. The van der Waals surface area contributed by atoms with Crippen LogP contribution in [-0.4, -0.2) is 5.29 Å². The Morgan fingerprint density at radius 3 is 2.31 bits per heavy atom. The van der Waals surface area contributed by atoms with Gasteiger partial charge in [0.05, 0.1) is 5.66 Å². The Hall–Kier alpha value is -0.0900. The second-order valence-corrected chi connectivity index (χ2v) is 5.68. The van der Waals surface area contributed by atoms with Gasteiger partial charge in [0, 0.05) is 0 Å². The molecular formula is C12H16P. The van der Waals surface area contributed by atoms with Gasteiger partial charge in [-0.25, -0.2) is 0 Å². The standard InChI is InChI=1S/C12H16P/c1-3-7-11-9(5-1)10-6-2-4-8-12(10)13-11/h1-8H2. The Morgan fingerprint density at radius 1 is 0.692 bits per heavy atom. The molecule has 0 bridgehead atoms. The minimum atomic E-state index is 1.40. The second kappa shape index (κ2) is 3.24. The molecule has 69 valence electrons. The molecule has 0 N–H and O–H groups in total. The monoisotopic (exact) mass is 191 g/mol. The third-order valence-corrected chi connectivity index (χ3v) is 5.04. The SMILES string of the molecule is C1CCC2=C3CCCCC3=P[C]2C1. The highest BCUT2D eigenvalue weighted by molar-refractivity contribution is 7.46. The van der Waals surface area contributed by atoms with Gasteiger partial charge in [-0.3, -0.25) is 0 Å². The van der Waals surface area contributed by atoms with E-state index in [1.165, 1.54) is 51.4 Å². The molecule has 0 amide bonds. The van der Waals surface area contributed by atoms with Crippen molar-refractivity contribution in [1.82, 2.24) is 0 Å². The van der Waals surface area contributed by atoms with Crippen LogP contribution in [-0.2, 0) is 0 Å². The molecule has 3 rings (SSSR count). The van der Waals surface area contributed by atoms with Crippen LogP contribution in [0.15, 0.2) is 11.1 Å². The molecule has 0 spiro atoms. The molecule has 0 aromatic rings. The molecule has 0 unspecified atom stereocenters. The van der Waals surface area contributed by atoms with Gasteiger partial charge in [-0.1, -0.05) is 20.2 Å². The van der Waals surface area contributed by atoms with Crippen LogP contribution in [0, 0.1) is 5.66 Å². The predicted octanol–water partition coefficient (Wildman–Crippen LogP) is 4.10. The van der Waals surface area contributed by atoms with Crippen LogP contribution in [0.3, 0.4) is 0 Å². The van der Waals surface area contributed by atoms with Crippen LogP contribution < -0.4 is 0 Å². The summed E-state index contributed by atoms with van der Waals surface area (Å²) >= 11 is 0. The van der Waals surface area contributed by atoms with E-state index in [1.807, 2.05) is 11.1 Å². The summed E-state index contributed by atoms with van der Waals surface area (Å²) in [7, 11) is 1.63. The summed E-state index contributed by atoms with van der Waals surface area (Å²) in [6.07, 6.45) is 11.4.